The van der Waals surface area contributed by atoms with Crippen LogP contribution >= 0.6 is 0 Å². The van der Waals surface area contributed by atoms with Gasteiger partial charge >= 0.3 is 0 Å². The first kappa shape index (κ1) is 20.9. The Morgan fingerprint density at radius 1 is 1.03 bits per heavy atom. The fourth-order valence-corrected chi connectivity index (χ4v) is 4.12. The number of amides is 1. The maximum Gasteiger partial charge on any atom is 0.255 e. The van der Waals surface area contributed by atoms with Crippen molar-refractivity contribution in [1.82, 2.24) is 14.8 Å². The fraction of sp³-hybridized carbons (Fsp3) is 0.192. The number of halogens is 1. The minimum absolute atomic E-state index is 0.166. The predicted octanol–water partition coefficient (Wildman–Crippen LogP) is 5.50. The van der Waals surface area contributed by atoms with E-state index in [4.69, 9.17) is 4.74 Å². The number of benzene rings is 3. The van der Waals surface area contributed by atoms with E-state index in [9.17, 15) is 9.18 Å². The van der Waals surface area contributed by atoms with Crippen LogP contribution in [0.5, 0.6) is 11.5 Å². The zero-order chi connectivity index (χ0) is 22.8. The Bertz CT molecular complexity index is 1280. The summed E-state index contributed by atoms with van der Waals surface area (Å²) in [4.78, 5) is 12.9. The molecule has 6 nitrogen and oxygen atoms in total. The molecule has 1 aliphatic heterocycles. The van der Waals surface area contributed by atoms with Crippen LogP contribution in [0, 0.1) is 12.7 Å². The molecule has 1 amide bonds. The van der Waals surface area contributed by atoms with Gasteiger partial charge in [-0.3, -0.25) is 4.79 Å². The molecule has 3 aromatic carbocycles. The number of hydrogen-bond donors (Lipinski definition) is 1. The van der Waals surface area contributed by atoms with Crippen LogP contribution in [0.25, 0.3) is 0 Å². The molecule has 7 heteroatoms. The van der Waals surface area contributed by atoms with Crippen molar-refractivity contribution in [2.24, 2.45) is 0 Å². The molecule has 33 heavy (non-hydrogen) atoms. The average Bonchev–Trinajstić information content (AvgIpc) is 3.22. The Hall–Kier alpha value is -4.00. The number of ether oxygens (including phenoxy) is 1. The van der Waals surface area contributed by atoms with E-state index in [-0.39, 0.29) is 11.7 Å². The minimum Gasteiger partial charge on any atom is -0.457 e. The molecule has 0 bridgehead atoms. The Morgan fingerprint density at radius 2 is 1.76 bits per heavy atom. The molecule has 4 aromatic rings. The Kier molecular flexibility index (Phi) is 5.60. The number of nitrogens with zero attached hydrogens (tertiary/aromatic N) is 3. The molecule has 0 spiro atoms. The third-order valence-electron chi connectivity index (χ3n) is 5.91. The first-order valence-electron chi connectivity index (χ1n) is 10.9. The fourth-order valence-electron chi connectivity index (χ4n) is 4.12. The molecule has 1 aromatic heterocycles. The van der Waals surface area contributed by atoms with Gasteiger partial charge in [0, 0.05) is 30.1 Å². The summed E-state index contributed by atoms with van der Waals surface area (Å²) in [5.41, 5.74) is 2.43. The number of aromatic nitrogens is 3. The van der Waals surface area contributed by atoms with Crippen LogP contribution in [0.4, 0.5) is 10.1 Å². The molecule has 1 N–H and O–H groups in total. The largest absolute Gasteiger partial charge is 0.457 e. The maximum absolute atomic E-state index is 13.0. The van der Waals surface area contributed by atoms with Gasteiger partial charge in [0.1, 0.15) is 29.0 Å². The highest BCUT2D eigenvalue weighted by molar-refractivity contribution is 6.04. The number of aryl methyl sites for hydroxylation is 2. The monoisotopic (exact) mass is 442 g/mol. The van der Waals surface area contributed by atoms with E-state index in [0.29, 0.717) is 28.7 Å². The highest BCUT2D eigenvalue weighted by atomic mass is 19.1. The SMILES string of the molecule is Cc1nnc2n1C[C@H](c1cccc(C(=O)Nc3ccc(Oc4ccc(F)cc4)cc3)c1)CC2. The van der Waals surface area contributed by atoms with E-state index in [0.717, 1.165) is 36.6 Å². The number of hydrogen-bond acceptors (Lipinski definition) is 4. The van der Waals surface area contributed by atoms with Crippen LogP contribution in [0.1, 0.15) is 39.9 Å². The molecule has 0 unspecified atom stereocenters. The summed E-state index contributed by atoms with van der Waals surface area (Å²) in [6, 6.07) is 20.7. The smallest absolute Gasteiger partial charge is 0.255 e. The predicted molar refractivity (Wildman–Crippen MR) is 123 cm³/mol. The van der Waals surface area contributed by atoms with Gasteiger partial charge in [-0.05, 0) is 79.6 Å². The first-order chi connectivity index (χ1) is 16.0. The molecule has 1 aliphatic rings. The number of anilines is 1. The van der Waals surface area contributed by atoms with Gasteiger partial charge in [-0.15, -0.1) is 10.2 Å². The zero-order valence-corrected chi connectivity index (χ0v) is 18.2. The van der Waals surface area contributed by atoms with Crippen molar-refractivity contribution in [3.8, 4) is 11.5 Å². The van der Waals surface area contributed by atoms with E-state index in [1.807, 2.05) is 25.1 Å². The van der Waals surface area contributed by atoms with Crippen molar-refractivity contribution in [3.63, 3.8) is 0 Å². The molecular weight excluding hydrogens is 419 g/mol. The second-order valence-corrected chi connectivity index (χ2v) is 8.17. The summed E-state index contributed by atoms with van der Waals surface area (Å²) in [5, 5.41) is 11.3. The molecule has 0 saturated heterocycles. The number of fused-ring (bicyclic) bond motifs is 1. The van der Waals surface area contributed by atoms with E-state index in [1.165, 1.54) is 12.1 Å². The van der Waals surface area contributed by atoms with Gasteiger partial charge in [-0.25, -0.2) is 4.39 Å². The standard InChI is InChI=1S/C26H23FN4O2/c1-17-29-30-25-14-5-20(16-31(17)25)18-3-2-4-19(15-18)26(32)28-22-8-12-24(13-9-22)33-23-10-6-21(27)7-11-23/h2-4,6-13,15,20H,5,14,16H2,1H3,(H,28,32)/t20-/m1/s1. The van der Waals surface area contributed by atoms with E-state index in [2.05, 4.69) is 26.1 Å². The Balaban J connectivity index is 1.25. The van der Waals surface area contributed by atoms with E-state index < -0.39 is 0 Å². The normalized spacial score (nSPS) is 15.0. The van der Waals surface area contributed by atoms with Crippen molar-refractivity contribution >= 4 is 11.6 Å². The number of carbonyl (C=O) groups is 1. The zero-order valence-electron chi connectivity index (χ0n) is 18.2. The summed E-state index contributed by atoms with van der Waals surface area (Å²) >= 11 is 0. The van der Waals surface area contributed by atoms with Crippen molar-refractivity contribution in [2.45, 2.75) is 32.2 Å². The van der Waals surface area contributed by atoms with Crippen molar-refractivity contribution in [1.29, 1.82) is 0 Å². The van der Waals surface area contributed by atoms with Crippen LogP contribution in [-0.4, -0.2) is 20.7 Å². The molecule has 2 heterocycles. The summed E-state index contributed by atoms with van der Waals surface area (Å²) in [6.45, 7) is 2.80. The van der Waals surface area contributed by atoms with Gasteiger partial charge in [-0.1, -0.05) is 12.1 Å². The Labute approximate surface area is 191 Å². The van der Waals surface area contributed by atoms with Crippen molar-refractivity contribution in [2.75, 3.05) is 5.32 Å². The lowest BCUT2D eigenvalue weighted by molar-refractivity contribution is 0.102. The topological polar surface area (TPSA) is 69.0 Å². The molecule has 0 fully saturated rings. The quantitative estimate of drug-likeness (QED) is 0.443. The van der Waals surface area contributed by atoms with Gasteiger partial charge in [0.25, 0.3) is 5.91 Å². The summed E-state index contributed by atoms with van der Waals surface area (Å²) in [6.07, 6.45) is 1.87. The lowest BCUT2D eigenvalue weighted by Gasteiger charge is -2.24. The van der Waals surface area contributed by atoms with Gasteiger partial charge in [0.15, 0.2) is 0 Å². The number of nitrogens with one attached hydrogen (secondary N) is 1. The summed E-state index contributed by atoms with van der Waals surface area (Å²) in [5.74, 6) is 2.94. The molecule has 0 aliphatic carbocycles. The lowest BCUT2D eigenvalue weighted by Crippen LogP contribution is -2.20. The van der Waals surface area contributed by atoms with Crippen LogP contribution < -0.4 is 10.1 Å². The second-order valence-electron chi connectivity index (χ2n) is 8.17. The first-order valence-corrected chi connectivity index (χ1v) is 10.9. The highest BCUT2D eigenvalue weighted by Crippen LogP contribution is 2.29. The van der Waals surface area contributed by atoms with Crippen LogP contribution in [0.2, 0.25) is 0 Å². The number of rotatable bonds is 5. The third-order valence-corrected chi connectivity index (χ3v) is 5.91. The molecule has 1 atom stereocenters. The summed E-state index contributed by atoms with van der Waals surface area (Å²) < 4.78 is 20.9. The van der Waals surface area contributed by atoms with Crippen molar-refractivity contribution in [3.05, 3.63) is 101 Å². The van der Waals surface area contributed by atoms with Gasteiger partial charge in [0.05, 0.1) is 0 Å². The summed E-state index contributed by atoms with van der Waals surface area (Å²) in [7, 11) is 0. The minimum atomic E-state index is -0.313. The van der Waals surface area contributed by atoms with E-state index in [1.54, 1.807) is 36.4 Å². The Morgan fingerprint density at radius 3 is 2.52 bits per heavy atom. The maximum atomic E-state index is 13.0. The van der Waals surface area contributed by atoms with Crippen LogP contribution in [-0.2, 0) is 13.0 Å². The average molecular weight is 442 g/mol. The highest BCUT2D eigenvalue weighted by Gasteiger charge is 2.23. The number of carbonyl (C=O) groups excluding carboxylic acids is 1. The van der Waals surface area contributed by atoms with Gasteiger partial charge in [0.2, 0.25) is 0 Å². The molecule has 0 radical (unpaired) electrons. The molecule has 5 rings (SSSR count). The van der Waals surface area contributed by atoms with Crippen LogP contribution in [0.15, 0.2) is 72.8 Å². The molecular formula is C26H23FN4O2. The lowest BCUT2D eigenvalue weighted by atomic mass is 9.90. The second kappa shape index (κ2) is 8.86. The van der Waals surface area contributed by atoms with Crippen molar-refractivity contribution < 1.29 is 13.9 Å². The van der Waals surface area contributed by atoms with Gasteiger partial charge < -0.3 is 14.6 Å². The molecule has 0 saturated carbocycles. The van der Waals surface area contributed by atoms with Gasteiger partial charge in [-0.2, -0.15) is 0 Å². The molecule has 166 valence electrons. The van der Waals surface area contributed by atoms with Crippen LogP contribution in [0.3, 0.4) is 0 Å². The van der Waals surface area contributed by atoms with E-state index >= 15 is 0 Å². The third kappa shape index (κ3) is 4.62.